The molecule has 1 heterocycles. The van der Waals surface area contributed by atoms with Crippen LogP contribution in [0.5, 0.6) is 0 Å². The van der Waals surface area contributed by atoms with Crippen molar-refractivity contribution in [3.8, 4) is 0 Å². The molecular weight excluding hydrogens is 260 g/mol. The van der Waals surface area contributed by atoms with Crippen molar-refractivity contribution in [2.45, 2.75) is 31.5 Å². The van der Waals surface area contributed by atoms with Crippen molar-refractivity contribution in [3.63, 3.8) is 0 Å². The lowest BCUT2D eigenvalue weighted by Gasteiger charge is -2.27. The van der Waals surface area contributed by atoms with Crippen LogP contribution in [0.3, 0.4) is 0 Å². The van der Waals surface area contributed by atoms with E-state index < -0.39 is 18.1 Å². The Labute approximate surface area is 117 Å². The third-order valence-electron chi connectivity index (χ3n) is 3.25. The summed E-state index contributed by atoms with van der Waals surface area (Å²) in [5, 5.41) is 14.5. The van der Waals surface area contributed by atoms with Gasteiger partial charge in [0.15, 0.2) is 0 Å². The molecular formula is C14H18N2O4. The number of carbonyl (C=O) groups excluding carboxylic acids is 1. The Morgan fingerprint density at radius 2 is 2.05 bits per heavy atom. The van der Waals surface area contributed by atoms with E-state index in [0.717, 1.165) is 5.56 Å². The van der Waals surface area contributed by atoms with Gasteiger partial charge in [-0.15, -0.1) is 0 Å². The molecule has 0 aromatic heterocycles. The first-order valence-electron chi connectivity index (χ1n) is 6.58. The van der Waals surface area contributed by atoms with Crippen LogP contribution in [0.2, 0.25) is 0 Å². The van der Waals surface area contributed by atoms with Crippen molar-refractivity contribution < 1.29 is 19.4 Å². The predicted octanol–water partition coefficient (Wildman–Crippen LogP) is 1.12. The number of rotatable bonds is 4. The van der Waals surface area contributed by atoms with Gasteiger partial charge in [0.1, 0.15) is 12.6 Å². The number of carboxylic acid groups (broad SMARTS) is 1. The van der Waals surface area contributed by atoms with Gasteiger partial charge in [0.25, 0.3) is 0 Å². The highest BCUT2D eigenvalue weighted by Crippen LogP contribution is 2.09. The minimum absolute atomic E-state index is 0.0890. The Hall–Kier alpha value is -2.08. The second kappa shape index (κ2) is 6.91. The zero-order chi connectivity index (χ0) is 14.4. The van der Waals surface area contributed by atoms with E-state index in [1.807, 2.05) is 30.3 Å². The highest BCUT2D eigenvalue weighted by Gasteiger charge is 2.26. The molecule has 1 aliphatic rings. The topological polar surface area (TPSA) is 87.7 Å². The van der Waals surface area contributed by atoms with E-state index in [1.54, 1.807) is 0 Å². The molecule has 1 saturated heterocycles. The van der Waals surface area contributed by atoms with Crippen LogP contribution in [0.15, 0.2) is 30.3 Å². The van der Waals surface area contributed by atoms with Crippen molar-refractivity contribution in [1.82, 2.24) is 10.6 Å². The number of hydrogen-bond acceptors (Lipinski definition) is 4. The van der Waals surface area contributed by atoms with Gasteiger partial charge in [-0.1, -0.05) is 30.3 Å². The Bertz CT molecular complexity index is 456. The summed E-state index contributed by atoms with van der Waals surface area (Å²) in [6.45, 7) is 0.669. The molecule has 1 aromatic rings. The lowest BCUT2D eigenvalue weighted by Crippen LogP contribution is -2.52. The smallest absolute Gasteiger partial charge is 0.407 e. The van der Waals surface area contributed by atoms with Crippen LogP contribution >= 0.6 is 0 Å². The molecule has 1 amide bonds. The van der Waals surface area contributed by atoms with E-state index in [9.17, 15) is 9.59 Å². The fourth-order valence-electron chi connectivity index (χ4n) is 2.12. The summed E-state index contributed by atoms with van der Waals surface area (Å²) in [6, 6.07) is 8.82. The van der Waals surface area contributed by atoms with Crippen LogP contribution in [0.4, 0.5) is 4.79 Å². The van der Waals surface area contributed by atoms with Gasteiger partial charge in [-0.05, 0) is 18.4 Å². The molecule has 1 aliphatic heterocycles. The zero-order valence-corrected chi connectivity index (χ0v) is 11.0. The summed E-state index contributed by atoms with van der Waals surface area (Å²) >= 11 is 0. The highest BCUT2D eigenvalue weighted by atomic mass is 16.5. The van der Waals surface area contributed by atoms with Crippen molar-refractivity contribution in [2.24, 2.45) is 0 Å². The summed E-state index contributed by atoms with van der Waals surface area (Å²) in [5.74, 6) is -0.852. The molecule has 6 heteroatoms. The SMILES string of the molecule is O=C(N[C@H]1CC[C@H](C(=O)O)NC1)OCc1ccccc1. The molecule has 20 heavy (non-hydrogen) atoms. The third-order valence-corrected chi connectivity index (χ3v) is 3.25. The molecule has 1 fully saturated rings. The van der Waals surface area contributed by atoms with E-state index in [2.05, 4.69) is 10.6 Å². The van der Waals surface area contributed by atoms with Crippen LogP contribution in [0.25, 0.3) is 0 Å². The number of piperidine rings is 1. The Kier molecular flexibility index (Phi) is 4.95. The molecule has 3 N–H and O–H groups in total. The standard InChI is InChI=1S/C14H18N2O4/c17-13(18)12-7-6-11(8-15-12)16-14(19)20-9-10-4-2-1-3-5-10/h1-5,11-12,15H,6-9H2,(H,16,19)(H,17,18)/t11-,12+/m0/s1. The number of carbonyl (C=O) groups is 2. The summed E-state index contributed by atoms with van der Waals surface area (Å²) in [4.78, 5) is 22.4. The van der Waals surface area contributed by atoms with E-state index in [-0.39, 0.29) is 12.6 Å². The Morgan fingerprint density at radius 1 is 1.30 bits per heavy atom. The average molecular weight is 278 g/mol. The maximum atomic E-state index is 11.6. The largest absolute Gasteiger partial charge is 0.480 e. The lowest BCUT2D eigenvalue weighted by molar-refractivity contribution is -0.140. The number of nitrogens with one attached hydrogen (secondary N) is 2. The lowest BCUT2D eigenvalue weighted by atomic mass is 10.0. The molecule has 0 aliphatic carbocycles. The summed E-state index contributed by atoms with van der Waals surface area (Å²) in [5.41, 5.74) is 0.926. The minimum atomic E-state index is -0.852. The third kappa shape index (κ3) is 4.24. The van der Waals surface area contributed by atoms with Gasteiger partial charge in [0.05, 0.1) is 0 Å². The number of aliphatic carboxylic acids is 1. The second-order valence-corrected chi connectivity index (χ2v) is 4.78. The number of alkyl carbamates (subject to hydrolysis) is 1. The van der Waals surface area contributed by atoms with E-state index in [4.69, 9.17) is 9.84 Å². The number of carboxylic acids is 1. The van der Waals surface area contributed by atoms with Crippen LogP contribution in [0, 0.1) is 0 Å². The Balaban J connectivity index is 1.69. The van der Waals surface area contributed by atoms with Crippen LogP contribution in [-0.2, 0) is 16.1 Å². The van der Waals surface area contributed by atoms with E-state index in [1.165, 1.54) is 0 Å². The molecule has 0 bridgehead atoms. The molecule has 6 nitrogen and oxygen atoms in total. The fourth-order valence-corrected chi connectivity index (χ4v) is 2.12. The van der Waals surface area contributed by atoms with Gasteiger partial charge in [-0.2, -0.15) is 0 Å². The maximum absolute atomic E-state index is 11.6. The fraction of sp³-hybridized carbons (Fsp3) is 0.429. The van der Waals surface area contributed by atoms with Gasteiger partial charge in [0.2, 0.25) is 0 Å². The Morgan fingerprint density at radius 3 is 2.65 bits per heavy atom. The van der Waals surface area contributed by atoms with Gasteiger partial charge in [-0.3, -0.25) is 4.79 Å². The van der Waals surface area contributed by atoms with E-state index >= 15 is 0 Å². The number of hydrogen-bond donors (Lipinski definition) is 3. The van der Waals surface area contributed by atoms with Crippen LogP contribution in [0.1, 0.15) is 18.4 Å². The number of ether oxygens (including phenoxy) is 1. The predicted molar refractivity (Wildman–Crippen MR) is 72.2 cm³/mol. The molecule has 0 radical (unpaired) electrons. The minimum Gasteiger partial charge on any atom is -0.480 e. The first kappa shape index (κ1) is 14.3. The second-order valence-electron chi connectivity index (χ2n) is 4.78. The number of benzene rings is 1. The molecule has 0 saturated carbocycles. The maximum Gasteiger partial charge on any atom is 0.407 e. The van der Waals surface area contributed by atoms with Gasteiger partial charge in [0, 0.05) is 12.6 Å². The summed E-state index contributed by atoms with van der Waals surface area (Å²) in [7, 11) is 0. The summed E-state index contributed by atoms with van der Waals surface area (Å²) in [6.07, 6.45) is 0.651. The van der Waals surface area contributed by atoms with Gasteiger partial charge in [-0.25, -0.2) is 4.79 Å². The quantitative estimate of drug-likeness (QED) is 0.768. The summed E-state index contributed by atoms with van der Waals surface area (Å²) < 4.78 is 5.11. The number of amides is 1. The highest BCUT2D eigenvalue weighted by molar-refractivity contribution is 5.73. The average Bonchev–Trinajstić information content (AvgIpc) is 2.47. The molecule has 2 rings (SSSR count). The van der Waals surface area contributed by atoms with Crippen molar-refractivity contribution in [3.05, 3.63) is 35.9 Å². The molecule has 108 valence electrons. The van der Waals surface area contributed by atoms with Crippen molar-refractivity contribution >= 4 is 12.1 Å². The first-order valence-corrected chi connectivity index (χ1v) is 6.58. The molecule has 0 spiro atoms. The molecule has 2 atom stereocenters. The van der Waals surface area contributed by atoms with Crippen LogP contribution < -0.4 is 10.6 Å². The van der Waals surface area contributed by atoms with Gasteiger partial charge < -0.3 is 20.5 Å². The van der Waals surface area contributed by atoms with Crippen LogP contribution in [-0.4, -0.2) is 35.8 Å². The normalized spacial score (nSPS) is 22.0. The zero-order valence-electron chi connectivity index (χ0n) is 11.0. The van der Waals surface area contributed by atoms with Crippen molar-refractivity contribution in [2.75, 3.05) is 6.54 Å². The van der Waals surface area contributed by atoms with Crippen molar-refractivity contribution in [1.29, 1.82) is 0 Å². The molecule has 1 aromatic carbocycles. The first-order chi connectivity index (χ1) is 9.65. The van der Waals surface area contributed by atoms with E-state index in [0.29, 0.717) is 19.4 Å². The molecule has 0 unspecified atom stereocenters. The monoisotopic (exact) mass is 278 g/mol. The van der Waals surface area contributed by atoms with Gasteiger partial charge >= 0.3 is 12.1 Å².